The van der Waals surface area contributed by atoms with Crippen LogP contribution in [0, 0.1) is 11.3 Å². The maximum atomic E-state index is 11.4. The molecule has 0 spiro atoms. The van der Waals surface area contributed by atoms with Crippen molar-refractivity contribution in [1.82, 2.24) is 30.0 Å². The van der Waals surface area contributed by atoms with Gasteiger partial charge in [-0.15, -0.1) is 10.2 Å². The summed E-state index contributed by atoms with van der Waals surface area (Å²) in [6, 6.07) is 12.0. The molecule has 4 heterocycles. The van der Waals surface area contributed by atoms with E-state index in [9.17, 15) is 10.4 Å². The van der Waals surface area contributed by atoms with Crippen molar-refractivity contribution in [2.75, 3.05) is 31.7 Å². The highest BCUT2D eigenvalue weighted by molar-refractivity contribution is 5.83. The summed E-state index contributed by atoms with van der Waals surface area (Å²) < 4.78 is 6.95. The summed E-state index contributed by atoms with van der Waals surface area (Å²) in [7, 11) is 3.57. The number of allylic oxidation sites excluding steroid dienone is 1. The van der Waals surface area contributed by atoms with Crippen LogP contribution in [-0.2, 0) is 11.8 Å². The fourth-order valence-electron chi connectivity index (χ4n) is 4.91. The van der Waals surface area contributed by atoms with Crippen molar-refractivity contribution in [3.63, 3.8) is 0 Å². The van der Waals surface area contributed by atoms with Crippen LogP contribution in [-0.4, -0.2) is 62.9 Å². The van der Waals surface area contributed by atoms with Crippen molar-refractivity contribution in [2.45, 2.75) is 25.1 Å². The van der Waals surface area contributed by atoms with Crippen LogP contribution in [0.2, 0.25) is 0 Å². The second kappa shape index (κ2) is 10.5. The molecule has 0 radical (unpaired) electrons. The standard InChI is InChI=1S/C29H30N8O2/c1-35-18-32-34-28(35)25-11-19(14-30)4-8-24(25)22-12-26(21-5-6-21)33-27(13-22)37-17-23-7-3-20(15-31-9-10-39-2)16-36(23)29(37)38/h3-4,7-8,11-13,16-18,21,29,31,38H,5-6,9-10,15H2,1-2H3. The zero-order valence-electron chi connectivity index (χ0n) is 21.9. The molecule has 1 aliphatic carbocycles. The molecule has 198 valence electrons. The lowest BCUT2D eigenvalue weighted by molar-refractivity contribution is 0.0798. The number of aliphatic hydroxyl groups is 1. The highest BCUT2D eigenvalue weighted by Crippen LogP contribution is 2.43. The zero-order valence-corrected chi connectivity index (χ0v) is 21.9. The van der Waals surface area contributed by atoms with Gasteiger partial charge in [0.15, 0.2) is 5.82 Å². The summed E-state index contributed by atoms with van der Waals surface area (Å²) in [5.41, 5.74) is 6.21. The van der Waals surface area contributed by atoms with Gasteiger partial charge in [-0.1, -0.05) is 12.1 Å². The maximum absolute atomic E-state index is 11.4. The Kier molecular flexibility index (Phi) is 6.70. The molecule has 6 rings (SSSR count). The molecule has 3 aromatic rings. The molecule has 0 saturated heterocycles. The fraction of sp³-hybridized carbons (Fsp3) is 0.310. The maximum Gasteiger partial charge on any atom is 0.216 e. The number of rotatable bonds is 9. The van der Waals surface area contributed by atoms with Gasteiger partial charge in [0.2, 0.25) is 6.35 Å². The van der Waals surface area contributed by atoms with Gasteiger partial charge >= 0.3 is 0 Å². The van der Waals surface area contributed by atoms with Gasteiger partial charge in [-0.05, 0) is 59.9 Å². The van der Waals surface area contributed by atoms with Crippen LogP contribution < -0.4 is 10.2 Å². The van der Waals surface area contributed by atoms with Gasteiger partial charge in [-0.3, -0.25) is 4.90 Å². The SMILES string of the molecule is COCCNCC1=CN2C(=CN(c3cc(-c4ccc(C#N)cc4-c4nncn4C)cc(C4CC4)n3)C2O)C=C1. The van der Waals surface area contributed by atoms with Crippen molar-refractivity contribution < 1.29 is 9.84 Å². The zero-order chi connectivity index (χ0) is 26.9. The van der Waals surface area contributed by atoms with Crippen molar-refractivity contribution in [3.8, 4) is 28.6 Å². The van der Waals surface area contributed by atoms with E-state index in [1.807, 2.05) is 59.3 Å². The molecule has 0 amide bonds. The Bertz CT molecular complexity index is 1530. The summed E-state index contributed by atoms with van der Waals surface area (Å²) in [6.07, 6.45) is 10.9. The summed E-state index contributed by atoms with van der Waals surface area (Å²) in [6.45, 7) is 2.08. The number of benzene rings is 1. The third-order valence-corrected chi connectivity index (χ3v) is 7.16. The molecule has 1 unspecified atom stereocenters. The lowest BCUT2D eigenvalue weighted by Crippen LogP contribution is -2.38. The van der Waals surface area contributed by atoms with Crippen LogP contribution in [0.15, 0.2) is 72.5 Å². The van der Waals surface area contributed by atoms with E-state index in [2.05, 4.69) is 33.7 Å². The number of nitrogens with zero attached hydrogens (tertiary/aromatic N) is 7. The molecule has 3 aliphatic rings. The first-order valence-electron chi connectivity index (χ1n) is 13.0. The molecule has 2 N–H and O–H groups in total. The van der Waals surface area contributed by atoms with Gasteiger partial charge in [0.05, 0.1) is 23.9 Å². The molecule has 0 bridgehead atoms. The number of aromatic nitrogens is 4. The Morgan fingerprint density at radius 3 is 2.74 bits per heavy atom. The monoisotopic (exact) mass is 522 g/mol. The minimum Gasteiger partial charge on any atom is -0.383 e. The van der Waals surface area contributed by atoms with Gasteiger partial charge < -0.3 is 24.6 Å². The van der Waals surface area contributed by atoms with E-state index >= 15 is 0 Å². The van der Waals surface area contributed by atoms with Gasteiger partial charge in [-0.2, -0.15) is 5.26 Å². The first-order valence-corrected chi connectivity index (χ1v) is 13.0. The molecule has 39 heavy (non-hydrogen) atoms. The lowest BCUT2D eigenvalue weighted by Gasteiger charge is -2.29. The molecule has 2 aromatic heterocycles. The second-order valence-electron chi connectivity index (χ2n) is 9.97. The largest absolute Gasteiger partial charge is 0.383 e. The van der Waals surface area contributed by atoms with Gasteiger partial charge in [0, 0.05) is 56.8 Å². The van der Waals surface area contributed by atoms with E-state index in [0.717, 1.165) is 53.0 Å². The number of hydrogen-bond acceptors (Lipinski definition) is 9. The number of pyridine rings is 1. The van der Waals surface area contributed by atoms with E-state index in [0.29, 0.717) is 36.3 Å². The molecule has 1 saturated carbocycles. The third-order valence-electron chi connectivity index (χ3n) is 7.16. The van der Waals surface area contributed by atoms with Gasteiger partial charge in [0.1, 0.15) is 12.1 Å². The quantitative estimate of drug-likeness (QED) is 0.409. The number of aliphatic hydroxyl groups excluding tert-OH is 1. The van der Waals surface area contributed by atoms with Crippen LogP contribution in [0.25, 0.3) is 22.5 Å². The summed E-state index contributed by atoms with van der Waals surface area (Å²) in [4.78, 5) is 8.64. The van der Waals surface area contributed by atoms with Crippen LogP contribution in [0.4, 0.5) is 5.82 Å². The van der Waals surface area contributed by atoms with Crippen molar-refractivity contribution in [2.24, 2.45) is 7.05 Å². The van der Waals surface area contributed by atoms with Crippen molar-refractivity contribution in [3.05, 3.63) is 83.7 Å². The van der Waals surface area contributed by atoms with E-state index in [1.54, 1.807) is 18.3 Å². The van der Waals surface area contributed by atoms with E-state index in [-0.39, 0.29) is 0 Å². The fourth-order valence-corrected chi connectivity index (χ4v) is 4.91. The summed E-state index contributed by atoms with van der Waals surface area (Å²) >= 11 is 0. The van der Waals surface area contributed by atoms with Crippen molar-refractivity contribution in [1.29, 1.82) is 5.26 Å². The Hall–Kier alpha value is -4.30. The Labute approximate surface area is 227 Å². The summed E-state index contributed by atoms with van der Waals surface area (Å²) in [5, 5.41) is 32.6. The van der Waals surface area contributed by atoms with Crippen LogP contribution in [0.1, 0.15) is 30.0 Å². The average molecular weight is 523 g/mol. The number of fused-ring (bicyclic) bond motifs is 1. The van der Waals surface area contributed by atoms with Crippen molar-refractivity contribution >= 4 is 5.82 Å². The topological polar surface area (TPSA) is 115 Å². The minimum absolute atomic E-state index is 0.403. The predicted octanol–water partition coefficient (Wildman–Crippen LogP) is 3.22. The first-order chi connectivity index (χ1) is 19.1. The lowest BCUT2D eigenvalue weighted by atomic mass is 9.96. The molecule has 10 heteroatoms. The molecular formula is C29H30N8O2. The van der Waals surface area contributed by atoms with Gasteiger partial charge in [-0.25, -0.2) is 4.98 Å². The molecular weight excluding hydrogens is 492 g/mol. The predicted molar refractivity (Wildman–Crippen MR) is 147 cm³/mol. The number of aryl methyl sites for hydroxylation is 1. The smallest absolute Gasteiger partial charge is 0.216 e. The Balaban J connectivity index is 1.36. The first kappa shape index (κ1) is 25.0. The molecule has 1 atom stereocenters. The number of hydrogen-bond donors (Lipinski definition) is 2. The highest BCUT2D eigenvalue weighted by atomic mass is 16.5. The summed E-state index contributed by atoms with van der Waals surface area (Å²) in [5.74, 6) is 1.74. The van der Waals surface area contributed by atoms with Crippen LogP contribution in [0.5, 0.6) is 0 Å². The third kappa shape index (κ3) is 4.95. The second-order valence-corrected chi connectivity index (χ2v) is 9.97. The molecule has 1 fully saturated rings. The number of nitrogens with one attached hydrogen (secondary N) is 1. The highest BCUT2D eigenvalue weighted by Gasteiger charge is 2.33. The van der Waals surface area contributed by atoms with Crippen LogP contribution >= 0.6 is 0 Å². The molecule has 1 aromatic carbocycles. The number of methoxy groups -OCH3 is 1. The average Bonchev–Trinajstić information content (AvgIpc) is 3.65. The van der Waals surface area contributed by atoms with E-state index in [4.69, 9.17) is 9.72 Å². The Morgan fingerprint density at radius 2 is 2.00 bits per heavy atom. The van der Waals surface area contributed by atoms with E-state index in [1.165, 1.54) is 0 Å². The Morgan fingerprint density at radius 1 is 1.13 bits per heavy atom. The minimum atomic E-state index is -0.923. The normalized spacial score (nSPS) is 18.2. The number of ether oxygens (including phenoxy) is 1. The van der Waals surface area contributed by atoms with Crippen LogP contribution in [0.3, 0.4) is 0 Å². The van der Waals surface area contributed by atoms with Gasteiger partial charge in [0.25, 0.3) is 0 Å². The number of nitriles is 1. The van der Waals surface area contributed by atoms with E-state index < -0.39 is 6.35 Å². The number of anilines is 1. The molecule has 10 nitrogen and oxygen atoms in total. The molecule has 2 aliphatic heterocycles.